The molecule has 0 amide bonds. The Kier molecular flexibility index (Phi) is 5.00. The van der Waals surface area contributed by atoms with Crippen LogP contribution >= 0.6 is 0 Å². The first-order valence-corrected chi connectivity index (χ1v) is 12.4. The molecule has 0 fully saturated rings. The second-order valence-electron chi connectivity index (χ2n) is 10.1. The monoisotopic (exact) mass is 450 g/mol. The minimum atomic E-state index is 1.28. The van der Waals surface area contributed by atoms with Crippen LogP contribution in [-0.2, 0) is 0 Å². The molecule has 0 saturated carbocycles. The highest BCUT2D eigenvalue weighted by Gasteiger charge is 2.19. The average molecular weight is 451 g/mol. The molecular formula is C35H30. The van der Waals surface area contributed by atoms with E-state index in [1.807, 2.05) is 0 Å². The van der Waals surface area contributed by atoms with Gasteiger partial charge in [0, 0.05) is 0 Å². The van der Waals surface area contributed by atoms with Gasteiger partial charge in [0.15, 0.2) is 0 Å². The van der Waals surface area contributed by atoms with E-state index in [4.69, 9.17) is 0 Å². The fourth-order valence-corrected chi connectivity index (χ4v) is 5.44. The molecule has 0 saturated heterocycles. The van der Waals surface area contributed by atoms with E-state index in [1.54, 1.807) is 0 Å². The Labute approximate surface area is 207 Å². The van der Waals surface area contributed by atoms with Gasteiger partial charge in [0.1, 0.15) is 0 Å². The molecule has 6 aromatic carbocycles. The zero-order valence-electron chi connectivity index (χ0n) is 21.2. The van der Waals surface area contributed by atoms with Crippen molar-refractivity contribution in [3.05, 3.63) is 119 Å². The molecule has 0 heterocycles. The molecule has 6 aromatic rings. The number of aryl methyl sites for hydroxylation is 5. The highest BCUT2D eigenvalue weighted by atomic mass is 14.2. The third-order valence-electron chi connectivity index (χ3n) is 7.72. The van der Waals surface area contributed by atoms with E-state index in [-0.39, 0.29) is 0 Å². The molecule has 0 aromatic heterocycles. The molecule has 0 bridgehead atoms. The van der Waals surface area contributed by atoms with Crippen molar-refractivity contribution in [3.63, 3.8) is 0 Å². The first kappa shape index (κ1) is 21.6. The smallest absolute Gasteiger partial charge is 0.00259 e. The third kappa shape index (κ3) is 3.53. The molecule has 0 heteroatoms. The zero-order valence-corrected chi connectivity index (χ0v) is 21.2. The second kappa shape index (κ2) is 8.10. The Bertz CT molecular complexity index is 1700. The van der Waals surface area contributed by atoms with Crippen LogP contribution in [-0.4, -0.2) is 0 Å². The molecule has 0 unspecified atom stereocenters. The van der Waals surface area contributed by atoms with Crippen LogP contribution in [0.15, 0.2) is 91.0 Å². The number of benzene rings is 6. The van der Waals surface area contributed by atoms with Crippen LogP contribution in [0.3, 0.4) is 0 Å². The van der Waals surface area contributed by atoms with E-state index in [0.29, 0.717) is 0 Å². The van der Waals surface area contributed by atoms with Gasteiger partial charge in [-0.05, 0) is 118 Å². The normalized spacial score (nSPS) is 11.6. The van der Waals surface area contributed by atoms with E-state index in [1.165, 1.54) is 82.4 Å². The summed E-state index contributed by atoms with van der Waals surface area (Å²) in [4.78, 5) is 0. The first-order valence-electron chi connectivity index (χ1n) is 12.4. The van der Waals surface area contributed by atoms with Gasteiger partial charge < -0.3 is 0 Å². The Hall–Kier alpha value is -3.90. The maximum atomic E-state index is 2.40. The van der Waals surface area contributed by atoms with Gasteiger partial charge in [-0.25, -0.2) is 0 Å². The van der Waals surface area contributed by atoms with Gasteiger partial charge in [-0.3, -0.25) is 0 Å². The minimum absolute atomic E-state index is 1.28. The van der Waals surface area contributed by atoms with Crippen molar-refractivity contribution in [1.29, 1.82) is 0 Å². The molecule has 0 spiro atoms. The Balaban J connectivity index is 1.84. The van der Waals surface area contributed by atoms with Crippen LogP contribution < -0.4 is 0 Å². The largest absolute Gasteiger partial charge is 0.0616 e. The summed E-state index contributed by atoms with van der Waals surface area (Å²) in [5, 5.41) is 7.87. The Morgan fingerprint density at radius 2 is 0.800 bits per heavy atom. The summed E-state index contributed by atoms with van der Waals surface area (Å²) in [6, 6.07) is 34.2. The molecular weight excluding hydrogens is 420 g/mol. The molecule has 170 valence electrons. The summed E-state index contributed by atoms with van der Waals surface area (Å²) in [6.45, 7) is 11.1. The molecule has 0 N–H and O–H groups in total. The van der Waals surface area contributed by atoms with Crippen LogP contribution in [0.1, 0.15) is 27.8 Å². The summed E-state index contributed by atoms with van der Waals surface area (Å²) in [6.07, 6.45) is 0. The molecule has 0 atom stereocenters. The van der Waals surface area contributed by atoms with Crippen molar-refractivity contribution in [1.82, 2.24) is 0 Å². The van der Waals surface area contributed by atoms with E-state index < -0.39 is 0 Å². The van der Waals surface area contributed by atoms with Crippen molar-refractivity contribution in [2.24, 2.45) is 0 Å². The Morgan fingerprint density at radius 1 is 0.371 bits per heavy atom. The lowest BCUT2D eigenvalue weighted by atomic mass is 9.83. The van der Waals surface area contributed by atoms with Crippen molar-refractivity contribution in [3.8, 4) is 22.3 Å². The predicted octanol–water partition coefficient (Wildman–Crippen LogP) is 10.0. The van der Waals surface area contributed by atoms with Crippen molar-refractivity contribution in [2.45, 2.75) is 34.6 Å². The van der Waals surface area contributed by atoms with Gasteiger partial charge in [0.05, 0.1) is 0 Å². The molecule has 35 heavy (non-hydrogen) atoms. The van der Waals surface area contributed by atoms with E-state index >= 15 is 0 Å². The quantitative estimate of drug-likeness (QED) is 0.230. The van der Waals surface area contributed by atoms with E-state index in [9.17, 15) is 0 Å². The fourth-order valence-electron chi connectivity index (χ4n) is 5.44. The van der Waals surface area contributed by atoms with Crippen molar-refractivity contribution in [2.75, 3.05) is 0 Å². The lowest BCUT2D eigenvalue weighted by Crippen LogP contribution is -1.95. The van der Waals surface area contributed by atoms with Gasteiger partial charge in [0.2, 0.25) is 0 Å². The van der Waals surface area contributed by atoms with Crippen LogP contribution in [0.5, 0.6) is 0 Å². The molecule has 6 rings (SSSR count). The summed E-state index contributed by atoms with van der Waals surface area (Å²) < 4.78 is 0. The lowest BCUT2D eigenvalue weighted by Gasteiger charge is -2.20. The third-order valence-corrected chi connectivity index (χ3v) is 7.72. The average Bonchev–Trinajstić information content (AvgIpc) is 2.85. The van der Waals surface area contributed by atoms with Gasteiger partial charge in [-0.1, -0.05) is 90.5 Å². The summed E-state index contributed by atoms with van der Waals surface area (Å²) in [5.74, 6) is 0. The highest BCUT2D eigenvalue weighted by Crippen LogP contribution is 2.45. The van der Waals surface area contributed by atoms with Gasteiger partial charge in [0.25, 0.3) is 0 Å². The zero-order chi connectivity index (χ0) is 24.3. The van der Waals surface area contributed by atoms with Gasteiger partial charge in [-0.2, -0.15) is 0 Å². The van der Waals surface area contributed by atoms with E-state index in [0.717, 1.165) is 0 Å². The molecule has 0 aliphatic rings. The van der Waals surface area contributed by atoms with Crippen molar-refractivity contribution >= 4 is 32.3 Å². The summed E-state index contributed by atoms with van der Waals surface area (Å²) in [7, 11) is 0. The second-order valence-corrected chi connectivity index (χ2v) is 10.1. The molecule has 0 nitrogen and oxygen atoms in total. The topological polar surface area (TPSA) is 0 Å². The lowest BCUT2D eigenvalue weighted by molar-refractivity contribution is 1.36. The highest BCUT2D eigenvalue weighted by molar-refractivity contribution is 6.22. The molecule has 0 aliphatic carbocycles. The summed E-state index contributed by atoms with van der Waals surface area (Å²) in [5.41, 5.74) is 11.8. The van der Waals surface area contributed by atoms with E-state index in [2.05, 4.69) is 126 Å². The van der Waals surface area contributed by atoms with Crippen LogP contribution in [0, 0.1) is 34.6 Å². The van der Waals surface area contributed by atoms with Gasteiger partial charge in [-0.15, -0.1) is 0 Å². The number of hydrogen-bond acceptors (Lipinski definition) is 0. The maximum absolute atomic E-state index is 2.40. The van der Waals surface area contributed by atoms with Crippen LogP contribution in [0.4, 0.5) is 0 Å². The molecule has 0 aliphatic heterocycles. The predicted molar refractivity (Wildman–Crippen MR) is 154 cm³/mol. The number of hydrogen-bond donors (Lipinski definition) is 0. The van der Waals surface area contributed by atoms with Crippen LogP contribution in [0.25, 0.3) is 54.6 Å². The maximum Gasteiger partial charge on any atom is -0.00259 e. The van der Waals surface area contributed by atoms with Crippen LogP contribution in [0.2, 0.25) is 0 Å². The fraction of sp³-hybridized carbons (Fsp3) is 0.143. The number of rotatable bonds is 2. The standard InChI is InChI=1S/C35H30/c1-21-10-12-27(13-11-21)34-30-16-22(2)24(4)18-32(30)35(33-19-25(5)23(3)17-31(33)34)29-15-14-26-8-6-7-9-28(26)20-29/h6-20H,1-5H3. The summed E-state index contributed by atoms with van der Waals surface area (Å²) >= 11 is 0. The first-order chi connectivity index (χ1) is 16.9. The van der Waals surface area contributed by atoms with Gasteiger partial charge >= 0.3 is 0 Å². The SMILES string of the molecule is Cc1ccc(-c2c3cc(C)c(C)cc3c(-c3ccc4ccccc4c3)c3cc(C)c(C)cc23)cc1. The molecule has 0 radical (unpaired) electrons. The number of fused-ring (bicyclic) bond motifs is 3. The minimum Gasteiger partial charge on any atom is -0.0616 e. The Morgan fingerprint density at radius 3 is 1.31 bits per heavy atom. The van der Waals surface area contributed by atoms with Crippen molar-refractivity contribution < 1.29 is 0 Å².